The number of aromatic nitrogens is 1. The van der Waals surface area contributed by atoms with Crippen LogP contribution in [0.3, 0.4) is 0 Å². The van der Waals surface area contributed by atoms with Crippen LogP contribution in [0.5, 0.6) is 0 Å². The molecule has 0 aliphatic carbocycles. The quantitative estimate of drug-likeness (QED) is 0.658. The largest absolute Gasteiger partial charge is 0.331 e. The summed E-state index contributed by atoms with van der Waals surface area (Å²) in [6, 6.07) is 14.2. The first-order chi connectivity index (χ1) is 10.1. The van der Waals surface area contributed by atoms with Crippen molar-refractivity contribution in [2.45, 2.75) is 13.8 Å². The third kappa shape index (κ3) is 3.09. The zero-order chi connectivity index (χ0) is 14.8. The fourth-order valence-electron chi connectivity index (χ4n) is 2.05. The number of halogens is 1. The van der Waals surface area contributed by atoms with E-state index in [0.29, 0.717) is 0 Å². The predicted octanol–water partition coefficient (Wildman–Crippen LogP) is 5.82. The van der Waals surface area contributed by atoms with Crippen molar-refractivity contribution in [1.29, 1.82) is 0 Å². The molecule has 21 heavy (non-hydrogen) atoms. The fraction of sp³-hybridized carbons (Fsp3) is 0.118. The average Bonchev–Trinajstić information content (AvgIpc) is 2.93. The second-order valence-corrected chi connectivity index (χ2v) is 6.21. The van der Waals surface area contributed by atoms with Gasteiger partial charge >= 0.3 is 0 Å². The monoisotopic (exact) mass is 314 g/mol. The molecule has 0 saturated carbocycles. The zero-order valence-electron chi connectivity index (χ0n) is 11.9. The summed E-state index contributed by atoms with van der Waals surface area (Å²) in [7, 11) is 0. The molecule has 1 aromatic heterocycles. The minimum Gasteiger partial charge on any atom is -0.331 e. The Balaban J connectivity index is 1.85. The molecule has 0 bridgehead atoms. The number of thiazole rings is 1. The highest BCUT2D eigenvalue weighted by Crippen LogP contribution is 2.30. The van der Waals surface area contributed by atoms with Gasteiger partial charge in [-0.25, -0.2) is 4.98 Å². The second-order valence-electron chi connectivity index (χ2n) is 4.94. The Morgan fingerprint density at radius 1 is 1.05 bits per heavy atom. The smallest absolute Gasteiger partial charge is 0.187 e. The van der Waals surface area contributed by atoms with Gasteiger partial charge in [0.05, 0.1) is 5.69 Å². The molecule has 0 fully saturated rings. The van der Waals surface area contributed by atoms with E-state index in [9.17, 15) is 0 Å². The van der Waals surface area contributed by atoms with Crippen LogP contribution in [0.2, 0.25) is 5.02 Å². The van der Waals surface area contributed by atoms with E-state index in [1.807, 2.05) is 25.1 Å². The number of aryl methyl sites for hydroxylation is 1. The van der Waals surface area contributed by atoms with Crippen molar-refractivity contribution >= 4 is 33.8 Å². The van der Waals surface area contributed by atoms with Gasteiger partial charge < -0.3 is 5.32 Å². The fourth-order valence-corrected chi connectivity index (χ4v) is 2.95. The van der Waals surface area contributed by atoms with Crippen LogP contribution in [0.1, 0.15) is 11.1 Å². The topological polar surface area (TPSA) is 24.9 Å². The molecule has 0 atom stereocenters. The lowest BCUT2D eigenvalue weighted by Gasteiger charge is -2.07. The van der Waals surface area contributed by atoms with Crippen LogP contribution >= 0.6 is 22.9 Å². The Morgan fingerprint density at radius 2 is 1.81 bits per heavy atom. The summed E-state index contributed by atoms with van der Waals surface area (Å²) >= 11 is 7.73. The lowest BCUT2D eigenvalue weighted by molar-refractivity contribution is 1.36. The molecule has 0 amide bonds. The molecule has 0 saturated heterocycles. The van der Waals surface area contributed by atoms with Crippen LogP contribution in [-0.4, -0.2) is 4.98 Å². The van der Waals surface area contributed by atoms with Crippen molar-refractivity contribution in [3.63, 3.8) is 0 Å². The molecule has 1 N–H and O–H groups in total. The number of hydrogen-bond acceptors (Lipinski definition) is 3. The summed E-state index contributed by atoms with van der Waals surface area (Å²) in [5, 5.41) is 7.03. The molecule has 0 radical (unpaired) electrons. The number of nitrogens with zero attached hydrogens (tertiary/aromatic N) is 1. The van der Waals surface area contributed by atoms with Gasteiger partial charge in [-0.2, -0.15) is 0 Å². The maximum absolute atomic E-state index is 6.14. The standard InChI is InChI=1S/C17H15ClN2S/c1-11-6-8-13(9-7-11)16-10-21-17(20-16)19-15-5-3-4-14(18)12(15)2/h3-10H,1-2H3,(H,19,20). The van der Waals surface area contributed by atoms with Crippen molar-refractivity contribution in [3.8, 4) is 11.3 Å². The predicted molar refractivity (Wildman–Crippen MR) is 91.8 cm³/mol. The Bertz CT molecular complexity index is 763. The van der Waals surface area contributed by atoms with Gasteiger partial charge in [0, 0.05) is 21.7 Å². The molecule has 3 rings (SSSR count). The van der Waals surface area contributed by atoms with E-state index in [4.69, 9.17) is 11.6 Å². The Kier molecular flexibility index (Phi) is 3.95. The van der Waals surface area contributed by atoms with E-state index < -0.39 is 0 Å². The third-order valence-electron chi connectivity index (χ3n) is 3.36. The van der Waals surface area contributed by atoms with Crippen LogP contribution < -0.4 is 5.32 Å². The normalized spacial score (nSPS) is 10.6. The number of hydrogen-bond donors (Lipinski definition) is 1. The van der Waals surface area contributed by atoms with Crippen molar-refractivity contribution in [2.24, 2.45) is 0 Å². The minimum atomic E-state index is 0.760. The van der Waals surface area contributed by atoms with Gasteiger partial charge in [-0.1, -0.05) is 47.5 Å². The lowest BCUT2D eigenvalue weighted by Crippen LogP contribution is -1.93. The third-order valence-corrected chi connectivity index (χ3v) is 4.53. The van der Waals surface area contributed by atoms with E-state index in [1.165, 1.54) is 5.56 Å². The van der Waals surface area contributed by atoms with Crippen molar-refractivity contribution in [2.75, 3.05) is 5.32 Å². The highest BCUT2D eigenvalue weighted by Gasteiger charge is 2.07. The number of benzene rings is 2. The summed E-state index contributed by atoms with van der Waals surface area (Å²) in [5.41, 5.74) is 5.40. The maximum atomic E-state index is 6.14. The average molecular weight is 315 g/mol. The summed E-state index contributed by atoms with van der Waals surface area (Å²) < 4.78 is 0. The number of nitrogens with one attached hydrogen (secondary N) is 1. The van der Waals surface area contributed by atoms with E-state index in [1.54, 1.807) is 11.3 Å². The minimum absolute atomic E-state index is 0.760. The van der Waals surface area contributed by atoms with Crippen molar-refractivity contribution < 1.29 is 0 Å². The molecule has 0 unspecified atom stereocenters. The molecule has 0 aliphatic rings. The van der Waals surface area contributed by atoms with Crippen LogP contribution in [0.4, 0.5) is 10.8 Å². The van der Waals surface area contributed by atoms with E-state index in [0.717, 1.165) is 32.7 Å². The lowest BCUT2D eigenvalue weighted by atomic mass is 10.1. The highest BCUT2D eigenvalue weighted by atomic mass is 35.5. The highest BCUT2D eigenvalue weighted by molar-refractivity contribution is 7.14. The molecular formula is C17H15ClN2S. The molecular weight excluding hydrogens is 300 g/mol. The number of anilines is 2. The Labute approximate surface area is 133 Å². The first kappa shape index (κ1) is 14.1. The van der Waals surface area contributed by atoms with Gasteiger partial charge in [0.25, 0.3) is 0 Å². The van der Waals surface area contributed by atoms with Crippen LogP contribution in [0.15, 0.2) is 47.8 Å². The van der Waals surface area contributed by atoms with Gasteiger partial charge in [0.1, 0.15) is 0 Å². The van der Waals surface area contributed by atoms with Gasteiger partial charge in [-0.3, -0.25) is 0 Å². The molecule has 2 aromatic carbocycles. The summed E-state index contributed by atoms with van der Waals surface area (Å²) in [4.78, 5) is 4.64. The molecule has 4 heteroatoms. The number of rotatable bonds is 3. The molecule has 3 aromatic rings. The van der Waals surface area contributed by atoms with Gasteiger partial charge in [0.15, 0.2) is 5.13 Å². The Morgan fingerprint density at radius 3 is 2.57 bits per heavy atom. The van der Waals surface area contributed by atoms with Crippen molar-refractivity contribution in [3.05, 3.63) is 64.0 Å². The first-order valence-corrected chi connectivity index (χ1v) is 7.94. The summed E-state index contributed by atoms with van der Waals surface area (Å²) in [6.07, 6.45) is 0. The second kappa shape index (κ2) is 5.88. The molecule has 0 spiro atoms. The zero-order valence-corrected chi connectivity index (χ0v) is 13.4. The first-order valence-electron chi connectivity index (χ1n) is 6.68. The van der Waals surface area contributed by atoms with Gasteiger partial charge in [0.2, 0.25) is 0 Å². The molecule has 1 heterocycles. The molecule has 2 nitrogen and oxygen atoms in total. The summed E-state index contributed by atoms with van der Waals surface area (Å²) in [5.74, 6) is 0. The van der Waals surface area contributed by atoms with E-state index in [2.05, 4.69) is 46.9 Å². The van der Waals surface area contributed by atoms with Crippen LogP contribution in [0.25, 0.3) is 11.3 Å². The van der Waals surface area contributed by atoms with E-state index >= 15 is 0 Å². The maximum Gasteiger partial charge on any atom is 0.187 e. The SMILES string of the molecule is Cc1ccc(-c2csc(Nc3cccc(Cl)c3C)n2)cc1. The van der Waals surface area contributed by atoms with Crippen LogP contribution in [-0.2, 0) is 0 Å². The van der Waals surface area contributed by atoms with Gasteiger partial charge in [-0.15, -0.1) is 11.3 Å². The van der Waals surface area contributed by atoms with Crippen molar-refractivity contribution in [1.82, 2.24) is 4.98 Å². The molecule has 106 valence electrons. The Hall–Kier alpha value is -1.84. The van der Waals surface area contributed by atoms with Gasteiger partial charge in [-0.05, 0) is 31.5 Å². The summed E-state index contributed by atoms with van der Waals surface area (Å²) in [6.45, 7) is 4.08. The molecule has 0 aliphatic heterocycles. The van der Waals surface area contributed by atoms with E-state index in [-0.39, 0.29) is 0 Å². The van der Waals surface area contributed by atoms with Crippen LogP contribution in [0, 0.1) is 13.8 Å².